The SMILES string of the molecule is Cn1ccc(CC(N)C2CCCC(F)(F)C2)n1. The van der Waals surface area contributed by atoms with Crippen molar-refractivity contribution in [1.29, 1.82) is 0 Å². The van der Waals surface area contributed by atoms with Gasteiger partial charge in [-0.2, -0.15) is 5.10 Å². The normalized spacial score (nSPS) is 25.8. The third-order valence-electron chi connectivity index (χ3n) is 3.50. The second-order valence-electron chi connectivity index (χ2n) is 5.06. The standard InChI is InChI=1S/C12H19F2N3/c1-17-6-4-10(16-17)7-11(15)9-3-2-5-12(13,14)8-9/h4,6,9,11H,2-3,5,7-8,15H2,1H3. The summed E-state index contributed by atoms with van der Waals surface area (Å²) in [6.07, 6.45) is 3.76. The Morgan fingerprint density at radius 3 is 3.00 bits per heavy atom. The van der Waals surface area contributed by atoms with Crippen LogP contribution in [0.15, 0.2) is 12.3 Å². The molecule has 0 bridgehead atoms. The van der Waals surface area contributed by atoms with Gasteiger partial charge in [0.25, 0.3) is 0 Å². The smallest absolute Gasteiger partial charge is 0.248 e. The molecule has 0 aromatic carbocycles. The molecule has 1 fully saturated rings. The van der Waals surface area contributed by atoms with E-state index in [2.05, 4.69) is 5.10 Å². The van der Waals surface area contributed by atoms with E-state index in [0.29, 0.717) is 12.8 Å². The molecule has 0 spiro atoms. The lowest BCUT2D eigenvalue weighted by Gasteiger charge is -2.32. The first-order valence-electron chi connectivity index (χ1n) is 6.08. The third-order valence-corrected chi connectivity index (χ3v) is 3.50. The minimum Gasteiger partial charge on any atom is -0.327 e. The number of rotatable bonds is 3. The average Bonchev–Trinajstić information content (AvgIpc) is 2.62. The van der Waals surface area contributed by atoms with E-state index in [0.717, 1.165) is 12.1 Å². The quantitative estimate of drug-likeness (QED) is 0.883. The van der Waals surface area contributed by atoms with Gasteiger partial charge in [0.2, 0.25) is 5.92 Å². The Balaban J connectivity index is 1.93. The molecule has 3 nitrogen and oxygen atoms in total. The molecule has 96 valence electrons. The van der Waals surface area contributed by atoms with Crippen LogP contribution in [0.5, 0.6) is 0 Å². The monoisotopic (exact) mass is 243 g/mol. The molecule has 2 atom stereocenters. The average molecular weight is 243 g/mol. The van der Waals surface area contributed by atoms with Gasteiger partial charge >= 0.3 is 0 Å². The fraction of sp³-hybridized carbons (Fsp3) is 0.750. The van der Waals surface area contributed by atoms with E-state index in [1.54, 1.807) is 4.68 Å². The topological polar surface area (TPSA) is 43.8 Å². The maximum Gasteiger partial charge on any atom is 0.248 e. The second-order valence-corrected chi connectivity index (χ2v) is 5.06. The van der Waals surface area contributed by atoms with Crippen LogP contribution in [-0.4, -0.2) is 21.7 Å². The van der Waals surface area contributed by atoms with Gasteiger partial charge in [-0.3, -0.25) is 4.68 Å². The van der Waals surface area contributed by atoms with Crippen molar-refractivity contribution >= 4 is 0 Å². The number of hydrogen-bond acceptors (Lipinski definition) is 2. The molecule has 1 saturated carbocycles. The number of aryl methyl sites for hydroxylation is 1. The van der Waals surface area contributed by atoms with Crippen molar-refractivity contribution < 1.29 is 8.78 Å². The van der Waals surface area contributed by atoms with Crippen LogP contribution in [0.25, 0.3) is 0 Å². The number of aromatic nitrogens is 2. The van der Waals surface area contributed by atoms with Crippen molar-refractivity contribution in [3.63, 3.8) is 0 Å². The number of halogens is 2. The Bertz CT molecular complexity index is 376. The van der Waals surface area contributed by atoms with Crippen LogP contribution in [0.4, 0.5) is 8.78 Å². The molecule has 1 aromatic rings. The van der Waals surface area contributed by atoms with Crippen molar-refractivity contribution in [3.05, 3.63) is 18.0 Å². The molecule has 1 aromatic heterocycles. The number of nitrogens with zero attached hydrogens (tertiary/aromatic N) is 2. The van der Waals surface area contributed by atoms with Crippen molar-refractivity contribution in [2.45, 2.75) is 44.1 Å². The minimum atomic E-state index is -2.52. The summed E-state index contributed by atoms with van der Waals surface area (Å²) in [5.74, 6) is -2.61. The van der Waals surface area contributed by atoms with Gasteiger partial charge in [0.1, 0.15) is 0 Å². The van der Waals surface area contributed by atoms with Gasteiger partial charge in [-0.15, -0.1) is 0 Å². The van der Waals surface area contributed by atoms with Gasteiger partial charge < -0.3 is 5.73 Å². The Morgan fingerprint density at radius 1 is 1.65 bits per heavy atom. The van der Waals surface area contributed by atoms with Crippen LogP contribution in [-0.2, 0) is 13.5 Å². The Hall–Kier alpha value is -0.970. The van der Waals surface area contributed by atoms with E-state index in [4.69, 9.17) is 5.73 Å². The van der Waals surface area contributed by atoms with Crippen molar-refractivity contribution in [2.75, 3.05) is 0 Å². The highest BCUT2D eigenvalue weighted by Gasteiger charge is 2.38. The molecule has 0 aliphatic heterocycles. The zero-order valence-corrected chi connectivity index (χ0v) is 10.1. The summed E-state index contributed by atoms with van der Waals surface area (Å²) in [6.45, 7) is 0. The van der Waals surface area contributed by atoms with Gasteiger partial charge in [-0.05, 0) is 24.8 Å². The highest BCUT2D eigenvalue weighted by atomic mass is 19.3. The fourth-order valence-corrected chi connectivity index (χ4v) is 2.56. The van der Waals surface area contributed by atoms with Crippen LogP contribution < -0.4 is 5.73 Å². The summed E-state index contributed by atoms with van der Waals surface area (Å²) in [5.41, 5.74) is 6.91. The summed E-state index contributed by atoms with van der Waals surface area (Å²) in [7, 11) is 1.84. The first-order chi connectivity index (χ1) is 7.96. The molecule has 0 saturated heterocycles. The van der Waals surface area contributed by atoms with Crippen LogP contribution in [0.2, 0.25) is 0 Å². The van der Waals surface area contributed by atoms with E-state index in [1.165, 1.54) is 0 Å². The first-order valence-corrected chi connectivity index (χ1v) is 6.08. The van der Waals surface area contributed by atoms with Crippen LogP contribution in [0.3, 0.4) is 0 Å². The summed E-state index contributed by atoms with van der Waals surface area (Å²) in [6, 6.07) is 1.68. The van der Waals surface area contributed by atoms with Gasteiger partial charge in [0.15, 0.2) is 0 Å². The maximum atomic E-state index is 13.3. The molecule has 2 rings (SSSR count). The van der Waals surface area contributed by atoms with E-state index in [1.807, 2.05) is 19.3 Å². The van der Waals surface area contributed by atoms with Crippen molar-refractivity contribution in [1.82, 2.24) is 9.78 Å². The Morgan fingerprint density at radius 2 is 2.41 bits per heavy atom. The lowest BCUT2D eigenvalue weighted by atomic mass is 9.81. The molecule has 2 unspecified atom stereocenters. The zero-order valence-electron chi connectivity index (χ0n) is 10.1. The zero-order chi connectivity index (χ0) is 12.5. The molecular formula is C12H19F2N3. The summed E-state index contributed by atoms with van der Waals surface area (Å²) < 4.78 is 28.3. The van der Waals surface area contributed by atoms with E-state index < -0.39 is 5.92 Å². The van der Waals surface area contributed by atoms with E-state index >= 15 is 0 Å². The van der Waals surface area contributed by atoms with Gasteiger partial charge in [-0.1, -0.05) is 0 Å². The van der Waals surface area contributed by atoms with E-state index in [9.17, 15) is 8.78 Å². The predicted molar refractivity (Wildman–Crippen MR) is 61.8 cm³/mol. The van der Waals surface area contributed by atoms with Gasteiger partial charge in [0.05, 0.1) is 5.69 Å². The van der Waals surface area contributed by atoms with Crippen molar-refractivity contribution in [3.8, 4) is 0 Å². The maximum absolute atomic E-state index is 13.3. The Labute approximate surface area is 100.0 Å². The minimum absolute atomic E-state index is 0.0137. The first kappa shape index (κ1) is 12.5. The molecule has 1 aliphatic carbocycles. The van der Waals surface area contributed by atoms with Gasteiger partial charge in [0, 0.05) is 38.5 Å². The lowest BCUT2D eigenvalue weighted by Crippen LogP contribution is -2.39. The highest BCUT2D eigenvalue weighted by Crippen LogP contribution is 2.38. The molecule has 0 radical (unpaired) electrons. The van der Waals surface area contributed by atoms with Gasteiger partial charge in [-0.25, -0.2) is 8.78 Å². The largest absolute Gasteiger partial charge is 0.327 e. The molecule has 2 N–H and O–H groups in total. The number of alkyl halides is 2. The molecule has 1 aliphatic rings. The van der Waals surface area contributed by atoms with Crippen LogP contribution in [0, 0.1) is 5.92 Å². The molecule has 0 amide bonds. The highest BCUT2D eigenvalue weighted by molar-refractivity contribution is 5.02. The summed E-state index contributed by atoms with van der Waals surface area (Å²) in [4.78, 5) is 0. The molecule has 5 heteroatoms. The lowest BCUT2D eigenvalue weighted by molar-refractivity contribution is -0.0561. The second kappa shape index (κ2) is 4.72. The molecule has 17 heavy (non-hydrogen) atoms. The number of hydrogen-bond donors (Lipinski definition) is 1. The summed E-state index contributed by atoms with van der Waals surface area (Å²) in [5, 5.41) is 4.23. The third kappa shape index (κ3) is 3.25. The predicted octanol–water partition coefficient (Wildman–Crippen LogP) is 2.12. The Kier molecular flexibility index (Phi) is 3.47. The molecule has 1 heterocycles. The summed E-state index contributed by atoms with van der Waals surface area (Å²) >= 11 is 0. The molecular weight excluding hydrogens is 224 g/mol. The fourth-order valence-electron chi connectivity index (χ4n) is 2.56. The van der Waals surface area contributed by atoms with Crippen molar-refractivity contribution in [2.24, 2.45) is 18.7 Å². The van der Waals surface area contributed by atoms with Crippen LogP contribution in [0.1, 0.15) is 31.4 Å². The van der Waals surface area contributed by atoms with Crippen LogP contribution >= 0.6 is 0 Å². The number of nitrogens with two attached hydrogens (primary N) is 1. The van der Waals surface area contributed by atoms with E-state index in [-0.39, 0.29) is 24.8 Å².